The lowest BCUT2D eigenvalue weighted by Crippen LogP contribution is -1.79. The minimum atomic E-state index is -0.540. The summed E-state index contributed by atoms with van der Waals surface area (Å²) < 4.78 is 0. The highest BCUT2D eigenvalue weighted by molar-refractivity contribution is 4.92. The van der Waals surface area contributed by atoms with E-state index in [-0.39, 0.29) is 0 Å². The van der Waals surface area contributed by atoms with Crippen molar-refractivity contribution in [2.75, 3.05) is 0 Å². The third-order valence-corrected chi connectivity index (χ3v) is 0.344. The van der Waals surface area contributed by atoms with Crippen LogP contribution in [0.4, 0.5) is 0 Å². The van der Waals surface area contributed by atoms with E-state index in [1.54, 1.807) is 0 Å². The number of nitrogens with zero attached hydrogens (tertiary/aromatic N) is 1. The highest BCUT2D eigenvalue weighted by atomic mass is 16.6. The van der Waals surface area contributed by atoms with Gasteiger partial charge in [-0.2, -0.15) is 0 Å². The van der Waals surface area contributed by atoms with E-state index in [0.29, 0.717) is 0 Å². The highest BCUT2D eigenvalue weighted by Gasteiger charge is 1.75. The molecule has 0 aromatic rings. The number of hydrogen-bond donors (Lipinski definition) is 0. The van der Waals surface area contributed by atoms with Gasteiger partial charge in [0.15, 0.2) is 0 Å². The molecule has 0 saturated heterocycles. The molecule has 0 unspecified atom stereocenters. The molecular formula is C4H5NO2. The van der Waals surface area contributed by atoms with Crippen LogP contribution in [0.3, 0.4) is 0 Å². The Kier molecular flexibility index (Phi) is 2.59. The molecule has 0 fully saturated rings. The Morgan fingerprint density at radius 3 is 2.43 bits per heavy atom. The van der Waals surface area contributed by atoms with E-state index in [4.69, 9.17) is 0 Å². The SMILES string of the molecule is C=CC=C[N+](=O)[O-]. The average Bonchev–Trinajstić information content (AvgIpc) is 1.61. The Bertz CT molecular complexity index is 106. The van der Waals surface area contributed by atoms with Gasteiger partial charge in [0.2, 0.25) is 6.20 Å². The molecule has 38 valence electrons. The van der Waals surface area contributed by atoms with Gasteiger partial charge in [-0.3, -0.25) is 10.1 Å². The fourth-order valence-corrected chi connectivity index (χ4v) is 0.131. The Hall–Kier alpha value is -1.12. The first kappa shape index (κ1) is 5.88. The van der Waals surface area contributed by atoms with E-state index in [0.717, 1.165) is 6.20 Å². The van der Waals surface area contributed by atoms with Gasteiger partial charge in [-0.1, -0.05) is 12.7 Å². The van der Waals surface area contributed by atoms with Crippen LogP contribution in [-0.4, -0.2) is 4.92 Å². The summed E-state index contributed by atoms with van der Waals surface area (Å²) in [6, 6.07) is 0. The molecule has 0 amide bonds. The van der Waals surface area contributed by atoms with Crippen LogP contribution in [0.15, 0.2) is 24.9 Å². The largest absolute Gasteiger partial charge is 0.259 e. The predicted octanol–water partition coefficient (Wildman–Crippen LogP) is 0.963. The van der Waals surface area contributed by atoms with Crippen molar-refractivity contribution in [3.8, 4) is 0 Å². The normalized spacial score (nSPS) is 9.14. The molecule has 0 spiro atoms. The molecule has 0 rings (SSSR count). The highest BCUT2D eigenvalue weighted by Crippen LogP contribution is 1.71. The van der Waals surface area contributed by atoms with Crippen LogP contribution >= 0.6 is 0 Å². The van der Waals surface area contributed by atoms with Gasteiger partial charge < -0.3 is 0 Å². The second kappa shape index (κ2) is 3.08. The average molecular weight is 99.1 g/mol. The molecule has 0 aromatic heterocycles. The topological polar surface area (TPSA) is 43.1 Å². The first-order chi connectivity index (χ1) is 3.27. The van der Waals surface area contributed by atoms with Crippen molar-refractivity contribution >= 4 is 0 Å². The third kappa shape index (κ3) is 4.88. The van der Waals surface area contributed by atoms with Crippen molar-refractivity contribution in [1.82, 2.24) is 0 Å². The van der Waals surface area contributed by atoms with E-state index >= 15 is 0 Å². The van der Waals surface area contributed by atoms with Crippen molar-refractivity contribution in [3.05, 3.63) is 35.0 Å². The lowest BCUT2D eigenvalue weighted by molar-refractivity contribution is -0.402. The summed E-state index contributed by atoms with van der Waals surface area (Å²) in [5.74, 6) is 0. The summed E-state index contributed by atoms with van der Waals surface area (Å²) in [7, 11) is 0. The molecular weight excluding hydrogens is 94.0 g/mol. The van der Waals surface area contributed by atoms with Gasteiger partial charge in [0, 0.05) is 6.08 Å². The van der Waals surface area contributed by atoms with E-state index in [1.165, 1.54) is 12.2 Å². The molecule has 0 aliphatic heterocycles. The van der Waals surface area contributed by atoms with E-state index in [1.807, 2.05) is 0 Å². The fraction of sp³-hybridized carbons (Fsp3) is 0. The van der Waals surface area contributed by atoms with Gasteiger partial charge in [0.25, 0.3) is 0 Å². The van der Waals surface area contributed by atoms with Gasteiger partial charge in [0.1, 0.15) is 0 Å². The summed E-state index contributed by atoms with van der Waals surface area (Å²) in [4.78, 5) is 8.89. The molecule has 0 aromatic carbocycles. The summed E-state index contributed by atoms with van der Waals surface area (Å²) in [6.07, 6.45) is 3.44. The van der Waals surface area contributed by atoms with E-state index < -0.39 is 4.92 Å². The molecule has 3 heteroatoms. The molecule has 3 nitrogen and oxygen atoms in total. The second-order valence-electron chi connectivity index (χ2n) is 0.863. The quantitative estimate of drug-likeness (QED) is 0.294. The van der Waals surface area contributed by atoms with Crippen molar-refractivity contribution in [2.24, 2.45) is 0 Å². The van der Waals surface area contributed by atoms with Crippen LogP contribution in [0, 0.1) is 10.1 Å². The molecule has 0 atom stereocenters. The summed E-state index contributed by atoms with van der Waals surface area (Å²) >= 11 is 0. The zero-order valence-electron chi connectivity index (χ0n) is 3.70. The maximum atomic E-state index is 9.43. The monoisotopic (exact) mass is 99.0 g/mol. The van der Waals surface area contributed by atoms with Crippen molar-refractivity contribution in [3.63, 3.8) is 0 Å². The standard InChI is InChI=1S/C4H5NO2/c1-2-3-4-5(6)7/h2-4H,1H2. The van der Waals surface area contributed by atoms with Gasteiger partial charge in [0.05, 0.1) is 4.92 Å². The first-order valence-corrected chi connectivity index (χ1v) is 1.70. The Balaban J connectivity index is 3.46. The molecule has 0 radical (unpaired) electrons. The maximum Gasteiger partial charge on any atom is 0.234 e. The van der Waals surface area contributed by atoms with E-state index in [9.17, 15) is 10.1 Å². The van der Waals surface area contributed by atoms with Gasteiger partial charge in [-0.25, -0.2) is 0 Å². The second-order valence-corrected chi connectivity index (χ2v) is 0.863. The zero-order chi connectivity index (χ0) is 5.70. The smallest absolute Gasteiger partial charge is 0.234 e. The number of hydrogen-bond acceptors (Lipinski definition) is 2. The minimum Gasteiger partial charge on any atom is -0.259 e. The molecule has 0 bridgehead atoms. The lowest BCUT2D eigenvalue weighted by Gasteiger charge is -1.70. The first-order valence-electron chi connectivity index (χ1n) is 1.70. The van der Waals surface area contributed by atoms with Crippen LogP contribution in [-0.2, 0) is 0 Å². The Morgan fingerprint density at radius 1 is 1.71 bits per heavy atom. The molecule has 0 aliphatic carbocycles. The number of nitro groups is 1. The van der Waals surface area contributed by atoms with Gasteiger partial charge in [-0.05, 0) is 0 Å². The predicted molar refractivity (Wildman–Crippen MR) is 26.3 cm³/mol. The summed E-state index contributed by atoms with van der Waals surface area (Å²) in [6.45, 7) is 3.24. The van der Waals surface area contributed by atoms with Crippen molar-refractivity contribution in [2.45, 2.75) is 0 Å². The lowest BCUT2D eigenvalue weighted by atomic mass is 10.6. The molecule has 7 heavy (non-hydrogen) atoms. The zero-order valence-corrected chi connectivity index (χ0v) is 3.70. The van der Waals surface area contributed by atoms with Crippen molar-refractivity contribution < 1.29 is 4.92 Å². The summed E-state index contributed by atoms with van der Waals surface area (Å²) in [5, 5.41) is 9.43. The number of allylic oxidation sites excluding steroid dienone is 2. The van der Waals surface area contributed by atoms with E-state index in [2.05, 4.69) is 6.58 Å². The van der Waals surface area contributed by atoms with Gasteiger partial charge >= 0.3 is 0 Å². The minimum absolute atomic E-state index is 0.540. The van der Waals surface area contributed by atoms with Crippen LogP contribution in [0.25, 0.3) is 0 Å². The Labute approximate surface area is 41.1 Å². The summed E-state index contributed by atoms with van der Waals surface area (Å²) in [5.41, 5.74) is 0. The third-order valence-electron chi connectivity index (χ3n) is 0.344. The molecule has 0 saturated carbocycles. The van der Waals surface area contributed by atoms with Crippen LogP contribution in [0.2, 0.25) is 0 Å². The number of rotatable bonds is 2. The molecule has 0 aliphatic rings. The van der Waals surface area contributed by atoms with Crippen molar-refractivity contribution in [1.29, 1.82) is 0 Å². The van der Waals surface area contributed by atoms with Crippen LogP contribution in [0.1, 0.15) is 0 Å². The van der Waals surface area contributed by atoms with Crippen LogP contribution in [0.5, 0.6) is 0 Å². The van der Waals surface area contributed by atoms with Crippen LogP contribution < -0.4 is 0 Å². The fourth-order valence-electron chi connectivity index (χ4n) is 0.131. The Morgan fingerprint density at radius 2 is 2.29 bits per heavy atom. The molecule has 0 N–H and O–H groups in total. The molecule has 0 heterocycles. The maximum absolute atomic E-state index is 9.43. The van der Waals surface area contributed by atoms with Gasteiger partial charge in [-0.15, -0.1) is 0 Å².